The van der Waals surface area contributed by atoms with E-state index in [9.17, 15) is 17.6 Å². The molecule has 2 aromatic rings. The molecule has 1 amide bonds. The highest BCUT2D eigenvalue weighted by Crippen LogP contribution is 2.59. The van der Waals surface area contributed by atoms with Crippen molar-refractivity contribution < 1.29 is 36.9 Å². The van der Waals surface area contributed by atoms with Gasteiger partial charge >= 0.3 is 6.18 Å². The number of hydrogen-bond donors (Lipinski definition) is 3. The molecule has 1 aliphatic carbocycles. The van der Waals surface area contributed by atoms with Gasteiger partial charge in [0.15, 0.2) is 0 Å². The number of aliphatic hydroxyl groups is 1. The van der Waals surface area contributed by atoms with Crippen molar-refractivity contribution in [3.63, 3.8) is 0 Å². The Balaban J connectivity index is 0.000000998. The molecular weight excluding hydrogens is 518 g/mol. The maximum Gasteiger partial charge on any atom is 0.394 e. The Labute approximate surface area is 227 Å². The standard InChI is InChI=1S/C25H30F4N2O3.C2H6.CH3NO/c1-16-12-20(26)22(30-7-6-24(4-5-24)25(27,28)29)15-19(16)18-13-21(17-2-9-33-10-3-17)31-23(14-18)34-11-8-32;1-2;2-1-3/h12-15,17,30,32H,2-11H2,1H3;1-2H3;1H,(H2,2,3). The number of ether oxygens (including phenoxy) is 2. The molecule has 2 fully saturated rings. The molecule has 0 atom stereocenters. The van der Waals surface area contributed by atoms with E-state index in [2.05, 4.69) is 16.0 Å². The molecule has 218 valence electrons. The molecule has 2 aliphatic rings. The maximum absolute atomic E-state index is 14.7. The average Bonchev–Trinajstić information content (AvgIpc) is 3.72. The van der Waals surface area contributed by atoms with Gasteiger partial charge in [0, 0.05) is 37.4 Å². The van der Waals surface area contributed by atoms with Crippen molar-refractivity contribution in [1.82, 2.24) is 4.98 Å². The first-order valence-electron chi connectivity index (χ1n) is 13.2. The van der Waals surface area contributed by atoms with Gasteiger partial charge in [0.25, 0.3) is 0 Å². The first kappa shape index (κ1) is 32.3. The predicted octanol–water partition coefficient (Wildman–Crippen LogP) is 5.73. The zero-order valence-electron chi connectivity index (χ0n) is 22.7. The van der Waals surface area contributed by atoms with Crippen molar-refractivity contribution in [1.29, 1.82) is 0 Å². The first-order chi connectivity index (χ1) is 18.6. The number of pyridine rings is 1. The molecule has 4 rings (SSSR count). The number of carbonyl (C=O) groups excluding carboxylic acids is 1. The van der Waals surface area contributed by atoms with Crippen molar-refractivity contribution >= 4 is 12.1 Å². The highest BCUT2D eigenvalue weighted by Gasteiger charge is 2.62. The van der Waals surface area contributed by atoms with Gasteiger partial charge < -0.3 is 25.6 Å². The van der Waals surface area contributed by atoms with Crippen LogP contribution in [0.25, 0.3) is 11.1 Å². The van der Waals surface area contributed by atoms with Crippen LogP contribution in [0.15, 0.2) is 24.3 Å². The van der Waals surface area contributed by atoms with Gasteiger partial charge in [0.05, 0.1) is 17.7 Å². The fourth-order valence-electron chi connectivity index (χ4n) is 4.49. The highest BCUT2D eigenvalue weighted by molar-refractivity contribution is 5.73. The van der Waals surface area contributed by atoms with Gasteiger partial charge in [-0.25, -0.2) is 9.37 Å². The quantitative estimate of drug-likeness (QED) is 0.268. The number of carbonyl (C=O) groups is 1. The van der Waals surface area contributed by atoms with Gasteiger partial charge in [0.1, 0.15) is 12.4 Å². The zero-order chi connectivity index (χ0) is 29.1. The Morgan fingerprint density at radius 3 is 2.41 bits per heavy atom. The van der Waals surface area contributed by atoms with Crippen LogP contribution >= 0.6 is 0 Å². The Morgan fingerprint density at radius 1 is 1.21 bits per heavy atom. The molecule has 39 heavy (non-hydrogen) atoms. The average molecular weight is 558 g/mol. The summed E-state index contributed by atoms with van der Waals surface area (Å²) in [6, 6.07) is 6.72. The zero-order valence-corrected chi connectivity index (χ0v) is 22.7. The minimum absolute atomic E-state index is 0.0352. The van der Waals surface area contributed by atoms with Crippen molar-refractivity contribution in [2.45, 2.75) is 65.0 Å². The summed E-state index contributed by atoms with van der Waals surface area (Å²) < 4.78 is 65.4. The molecular formula is C28H39F4N3O4. The van der Waals surface area contributed by atoms with Gasteiger partial charge in [-0.1, -0.05) is 13.8 Å². The molecule has 0 radical (unpaired) electrons. The second-order valence-corrected chi connectivity index (χ2v) is 9.32. The van der Waals surface area contributed by atoms with E-state index in [4.69, 9.17) is 19.4 Å². The third kappa shape index (κ3) is 8.79. The van der Waals surface area contributed by atoms with E-state index in [1.165, 1.54) is 6.07 Å². The lowest BCUT2D eigenvalue weighted by atomic mass is 9.92. The number of amides is 1. The maximum atomic E-state index is 14.7. The van der Waals surface area contributed by atoms with E-state index in [0.717, 1.165) is 29.7 Å². The van der Waals surface area contributed by atoms with Crippen molar-refractivity contribution in [2.75, 3.05) is 38.3 Å². The number of alkyl halides is 3. The predicted molar refractivity (Wildman–Crippen MR) is 142 cm³/mol. The largest absolute Gasteiger partial charge is 0.475 e. The second-order valence-electron chi connectivity index (χ2n) is 9.32. The Hall–Kier alpha value is -2.92. The number of nitrogens with one attached hydrogen (secondary N) is 1. The van der Waals surface area contributed by atoms with Crippen molar-refractivity contribution in [3.05, 3.63) is 41.3 Å². The number of hydrogen-bond acceptors (Lipinski definition) is 6. The number of aliphatic hydroxyl groups excluding tert-OH is 1. The van der Waals surface area contributed by atoms with Gasteiger partial charge in [-0.15, -0.1) is 0 Å². The van der Waals surface area contributed by atoms with Crippen LogP contribution in [0.4, 0.5) is 23.2 Å². The van der Waals surface area contributed by atoms with Crippen LogP contribution in [0.2, 0.25) is 0 Å². The molecule has 0 unspecified atom stereocenters. The van der Waals surface area contributed by atoms with Crippen molar-refractivity contribution in [3.8, 4) is 17.0 Å². The third-order valence-electron chi connectivity index (χ3n) is 6.80. The van der Waals surface area contributed by atoms with Crippen LogP contribution in [0.5, 0.6) is 5.88 Å². The summed E-state index contributed by atoms with van der Waals surface area (Å²) in [7, 11) is 0. The van der Waals surface area contributed by atoms with Crippen LogP contribution in [0.3, 0.4) is 0 Å². The summed E-state index contributed by atoms with van der Waals surface area (Å²) in [5.41, 5.74) is 5.75. The van der Waals surface area contributed by atoms with Crippen LogP contribution in [0.1, 0.15) is 63.1 Å². The van der Waals surface area contributed by atoms with Crippen molar-refractivity contribution in [2.24, 2.45) is 11.1 Å². The van der Waals surface area contributed by atoms with E-state index in [1.807, 2.05) is 19.9 Å². The summed E-state index contributed by atoms with van der Waals surface area (Å²) in [5, 5.41) is 12.0. The van der Waals surface area contributed by atoms with E-state index in [0.29, 0.717) is 24.7 Å². The number of nitrogens with zero attached hydrogens (tertiary/aromatic N) is 1. The second kappa shape index (κ2) is 15.0. The van der Waals surface area contributed by atoms with Gasteiger partial charge in [-0.05, 0) is 73.9 Å². The lowest BCUT2D eigenvalue weighted by Gasteiger charge is -2.23. The number of halogens is 4. The lowest BCUT2D eigenvalue weighted by Crippen LogP contribution is -2.26. The van der Waals surface area contributed by atoms with Crippen LogP contribution in [-0.2, 0) is 9.53 Å². The number of primary amides is 1. The minimum Gasteiger partial charge on any atom is -0.475 e. The molecule has 1 saturated heterocycles. The third-order valence-corrected chi connectivity index (χ3v) is 6.80. The molecule has 11 heteroatoms. The number of rotatable bonds is 9. The summed E-state index contributed by atoms with van der Waals surface area (Å²) >= 11 is 0. The first-order valence-corrected chi connectivity index (χ1v) is 13.2. The van der Waals surface area contributed by atoms with Gasteiger partial charge in [-0.2, -0.15) is 13.2 Å². The summed E-state index contributed by atoms with van der Waals surface area (Å²) in [6.07, 6.45) is -2.15. The van der Waals surface area contributed by atoms with Gasteiger partial charge in [0.2, 0.25) is 12.3 Å². The van der Waals surface area contributed by atoms with Crippen LogP contribution < -0.4 is 15.8 Å². The SMILES string of the molecule is CC.Cc1cc(F)c(NCCC2(C(F)(F)F)CC2)cc1-c1cc(OCCO)nc(C2CCOCC2)c1.NC=O. The molecule has 1 saturated carbocycles. The molecule has 1 aromatic heterocycles. The fraction of sp³-hybridized carbons (Fsp3) is 0.571. The topological polar surface area (TPSA) is 107 Å². The molecule has 7 nitrogen and oxygen atoms in total. The Bertz CT molecular complexity index is 1060. The molecule has 0 bridgehead atoms. The van der Waals surface area contributed by atoms with E-state index >= 15 is 0 Å². The highest BCUT2D eigenvalue weighted by atomic mass is 19.4. The fourth-order valence-corrected chi connectivity index (χ4v) is 4.49. The number of aromatic nitrogens is 1. The molecule has 0 spiro atoms. The minimum atomic E-state index is -4.23. The van der Waals surface area contributed by atoms with Crippen LogP contribution in [0, 0.1) is 18.2 Å². The number of aryl methyl sites for hydroxylation is 1. The lowest BCUT2D eigenvalue weighted by molar-refractivity contribution is -0.187. The number of nitrogens with two attached hydrogens (primary N) is 1. The summed E-state index contributed by atoms with van der Waals surface area (Å²) in [6.45, 7) is 7.06. The van der Waals surface area contributed by atoms with E-state index in [1.54, 1.807) is 19.1 Å². The molecule has 2 heterocycles. The monoisotopic (exact) mass is 557 g/mol. The smallest absolute Gasteiger partial charge is 0.394 e. The van der Waals surface area contributed by atoms with Crippen LogP contribution in [-0.4, -0.2) is 55.6 Å². The van der Waals surface area contributed by atoms with Gasteiger partial charge in [-0.3, -0.25) is 4.79 Å². The summed E-state index contributed by atoms with van der Waals surface area (Å²) in [5.74, 6) is 0.0568. The van der Waals surface area contributed by atoms with E-state index in [-0.39, 0.29) is 57.0 Å². The number of anilines is 1. The molecule has 4 N–H and O–H groups in total. The summed E-state index contributed by atoms with van der Waals surface area (Å²) in [4.78, 5) is 13.2. The van der Waals surface area contributed by atoms with E-state index < -0.39 is 17.4 Å². The Kier molecular flexibility index (Phi) is 12.4. The molecule has 1 aromatic carbocycles. The normalized spacial score (nSPS) is 16.2. The number of benzene rings is 1. The molecule has 1 aliphatic heterocycles. The Morgan fingerprint density at radius 2 is 1.85 bits per heavy atom.